The zero-order valence-corrected chi connectivity index (χ0v) is 12.6. The molecule has 0 spiro atoms. The number of sulfonamides is 1. The van der Waals surface area contributed by atoms with Gasteiger partial charge in [-0.1, -0.05) is 23.4 Å². The minimum Gasteiger partial charge on any atom is -0.381 e. The Labute approximate surface area is 128 Å². The molecular formula is C14H16N4O3S. The van der Waals surface area contributed by atoms with Crippen molar-refractivity contribution in [3.8, 4) is 5.69 Å². The van der Waals surface area contributed by atoms with Crippen LogP contribution < -0.4 is 4.72 Å². The lowest BCUT2D eigenvalue weighted by atomic mass is 10.3. The number of benzene rings is 1. The molecule has 2 aliphatic rings. The lowest BCUT2D eigenvalue weighted by Crippen LogP contribution is -2.29. The quantitative estimate of drug-likeness (QED) is 0.864. The van der Waals surface area contributed by atoms with Gasteiger partial charge in [-0.2, -0.15) is 0 Å². The molecule has 2 heterocycles. The molecule has 0 amide bonds. The van der Waals surface area contributed by atoms with E-state index in [0.29, 0.717) is 30.0 Å². The molecule has 1 aliphatic heterocycles. The molecule has 2 aromatic rings. The Balaban J connectivity index is 1.52. The van der Waals surface area contributed by atoms with E-state index in [-0.39, 0.29) is 5.03 Å². The summed E-state index contributed by atoms with van der Waals surface area (Å²) in [6, 6.07) is 9.09. The molecule has 2 atom stereocenters. The largest absolute Gasteiger partial charge is 0.381 e. The van der Waals surface area contributed by atoms with Crippen molar-refractivity contribution < 1.29 is 13.2 Å². The summed E-state index contributed by atoms with van der Waals surface area (Å²) in [6.45, 7) is 1.95. The van der Waals surface area contributed by atoms with Gasteiger partial charge < -0.3 is 4.74 Å². The fourth-order valence-corrected chi connectivity index (χ4v) is 4.21. The maximum Gasteiger partial charge on any atom is 0.259 e. The lowest BCUT2D eigenvalue weighted by Gasteiger charge is -2.09. The number of hydrogen-bond donors (Lipinski definition) is 1. The number of fused-ring (bicyclic) bond motifs is 1. The van der Waals surface area contributed by atoms with Crippen molar-refractivity contribution in [2.75, 3.05) is 19.8 Å². The Morgan fingerprint density at radius 3 is 2.68 bits per heavy atom. The second-order valence-corrected chi connectivity index (χ2v) is 7.41. The fraction of sp³-hybridized carbons (Fsp3) is 0.429. The van der Waals surface area contributed by atoms with Gasteiger partial charge in [0, 0.05) is 6.54 Å². The highest BCUT2D eigenvalue weighted by molar-refractivity contribution is 7.89. The topological polar surface area (TPSA) is 86.1 Å². The molecule has 1 saturated carbocycles. The monoisotopic (exact) mass is 320 g/mol. The number of hydrogen-bond acceptors (Lipinski definition) is 5. The van der Waals surface area contributed by atoms with E-state index >= 15 is 0 Å². The van der Waals surface area contributed by atoms with Crippen LogP contribution in [0.2, 0.25) is 0 Å². The first kappa shape index (κ1) is 13.9. The summed E-state index contributed by atoms with van der Waals surface area (Å²) in [5, 5.41) is 7.68. The van der Waals surface area contributed by atoms with E-state index in [1.165, 1.54) is 10.9 Å². The summed E-state index contributed by atoms with van der Waals surface area (Å²) in [7, 11) is -3.63. The van der Waals surface area contributed by atoms with Gasteiger partial charge in [-0.25, -0.2) is 17.8 Å². The van der Waals surface area contributed by atoms with Crippen LogP contribution in [-0.4, -0.2) is 43.2 Å². The standard InChI is InChI=1S/C14H16N4O3S/c19-22(20,16-6-11-12-8-21-9-13(11)12)14-7-15-17-18(14)10-4-2-1-3-5-10/h1-5,7,11-13,16H,6,8-9H2. The third-order valence-corrected chi connectivity index (χ3v) is 5.81. The Bertz CT molecular complexity index is 764. The van der Waals surface area contributed by atoms with Gasteiger partial charge in [0.2, 0.25) is 0 Å². The Hall–Kier alpha value is -1.77. The Morgan fingerprint density at radius 2 is 1.95 bits per heavy atom. The smallest absolute Gasteiger partial charge is 0.259 e. The predicted molar refractivity (Wildman–Crippen MR) is 77.8 cm³/mol. The molecule has 0 radical (unpaired) electrons. The molecule has 1 N–H and O–H groups in total. The SMILES string of the molecule is O=S(=O)(NCC1C2COCC12)c1cnnn1-c1ccccc1. The lowest BCUT2D eigenvalue weighted by molar-refractivity contribution is 0.151. The molecule has 116 valence electrons. The summed E-state index contributed by atoms with van der Waals surface area (Å²) in [4.78, 5) is 0. The Morgan fingerprint density at radius 1 is 1.23 bits per heavy atom. The minimum absolute atomic E-state index is 0.0563. The summed E-state index contributed by atoms with van der Waals surface area (Å²) in [6.07, 6.45) is 1.27. The van der Waals surface area contributed by atoms with Crippen LogP contribution in [0.3, 0.4) is 0 Å². The van der Waals surface area contributed by atoms with Gasteiger partial charge >= 0.3 is 0 Å². The van der Waals surface area contributed by atoms with Crippen LogP contribution in [0, 0.1) is 17.8 Å². The van der Waals surface area contributed by atoms with Crippen molar-refractivity contribution in [2.24, 2.45) is 17.8 Å². The van der Waals surface area contributed by atoms with Crippen LogP contribution in [-0.2, 0) is 14.8 Å². The van der Waals surface area contributed by atoms with Crippen molar-refractivity contribution in [1.29, 1.82) is 0 Å². The van der Waals surface area contributed by atoms with Crippen LogP contribution in [0.15, 0.2) is 41.6 Å². The van der Waals surface area contributed by atoms with Crippen LogP contribution in [0.1, 0.15) is 0 Å². The number of nitrogens with one attached hydrogen (secondary N) is 1. The van der Waals surface area contributed by atoms with E-state index in [1.54, 1.807) is 12.1 Å². The van der Waals surface area contributed by atoms with E-state index in [9.17, 15) is 8.42 Å². The molecule has 4 rings (SSSR count). The van der Waals surface area contributed by atoms with Crippen molar-refractivity contribution in [3.05, 3.63) is 36.5 Å². The first-order chi connectivity index (χ1) is 10.7. The van der Waals surface area contributed by atoms with Gasteiger partial charge in [0.25, 0.3) is 10.0 Å². The second kappa shape index (κ2) is 5.15. The summed E-state index contributed by atoms with van der Waals surface area (Å²) in [5.41, 5.74) is 0.664. The van der Waals surface area contributed by atoms with Crippen LogP contribution in [0.4, 0.5) is 0 Å². The first-order valence-electron chi connectivity index (χ1n) is 7.20. The number of para-hydroxylation sites is 1. The normalized spacial score (nSPS) is 26.8. The van der Waals surface area contributed by atoms with E-state index in [1.807, 2.05) is 18.2 Å². The highest BCUT2D eigenvalue weighted by atomic mass is 32.2. The highest BCUT2D eigenvalue weighted by Gasteiger charge is 2.53. The summed E-state index contributed by atoms with van der Waals surface area (Å²) < 4.78 is 34.3. The predicted octanol–water partition coefficient (Wildman–Crippen LogP) is 0.438. The van der Waals surface area contributed by atoms with Gasteiger partial charge in [-0.3, -0.25) is 0 Å². The minimum atomic E-state index is -3.63. The van der Waals surface area contributed by atoms with Gasteiger partial charge in [-0.15, -0.1) is 5.10 Å². The number of rotatable bonds is 5. The third kappa shape index (κ3) is 2.33. The Kier molecular flexibility index (Phi) is 3.24. The van der Waals surface area contributed by atoms with E-state index in [2.05, 4.69) is 15.0 Å². The fourth-order valence-electron chi connectivity index (χ4n) is 3.10. The molecule has 0 bridgehead atoms. The van der Waals surface area contributed by atoms with Gasteiger partial charge in [0.05, 0.1) is 25.1 Å². The molecule has 2 unspecified atom stereocenters. The molecule has 7 nitrogen and oxygen atoms in total. The van der Waals surface area contributed by atoms with Gasteiger partial charge in [-0.05, 0) is 29.9 Å². The molecule has 2 fully saturated rings. The number of aromatic nitrogens is 3. The average molecular weight is 320 g/mol. The maximum atomic E-state index is 12.5. The van der Waals surface area contributed by atoms with E-state index in [0.717, 1.165) is 13.2 Å². The first-order valence-corrected chi connectivity index (χ1v) is 8.69. The highest BCUT2D eigenvalue weighted by Crippen LogP contribution is 2.50. The van der Waals surface area contributed by atoms with Crippen molar-refractivity contribution in [3.63, 3.8) is 0 Å². The van der Waals surface area contributed by atoms with Crippen molar-refractivity contribution in [1.82, 2.24) is 19.7 Å². The molecule has 1 aromatic carbocycles. The van der Waals surface area contributed by atoms with Crippen molar-refractivity contribution >= 4 is 10.0 Å². The van der Waals surface area contributed by atoms with Crippen LogP contribution >= 0.6 is 0 Å². The second-order valence-electron chi connectivity index (χ2n) is 5.70. The maximum absolute atomic E-state index is 12.5. The third-order valence-electron chi connectivity index (χ3n) is 4.43. The summed E-state index contributed by atoms with van der Waals surface area (Å²) in [5.74, 6) is 1.42. The molecular weight excluding hydrogens is 304 g/mol. The molecule has 8 heteroatoms. The van der Waals surface area contributed by atoms with E-state index < -0.39 is 10.0 Å². The number of ether oxygens (including phenoxy) is 1. The zero-order valence-electron chi connectivity index (χ0n) is 11.8. The van der Waals surface area contributed by atoms with E-state index in [4.69, 9.17) is 4.74 Å². The van der Waals surface area contributed by atoms with Crippen LogP contribution in [0.5, 0.6) is 0 Å². The zero-order chi connectivity index (χ0) is 15.2. The van der Waals surface area contributed by atoms with Gasteiger partial charge in [0.15, 0.2) is 5.03 Å². The average Bonchev–Trinajstić information content (AvgIpc) is 2.95. The molecule has 1 aliphatic carbocycles. The molecule has 1 aromatic heterocycles. The van der Waals surface area contributed by atoms with Crippen LogP contribution in [0.25, 0.3) is 5.69 Å². The number of nitrogens with zero attached hydrogens (tertiary/aromatic N) is 3. The molecule has 22 heavy (non-hydrogen) atoms. The summed E-state index contributed by atoms with van der Waals surface area (Å²) >= 11 is 0. The van der Waals surface area contributed by atoms with Gasteiger partial charge in [0.1, 0.15) is 0 Å². The van der Waals surface area contributed by atoms with Crippen molar-refractivity contribution in [2.45, 2.75) is 5.03 Å². The molecule has 1 saturated heterocycles.